The van der Waals surface area contributed by atoms with Gasteiger partial charge < -0.3 is 19.3 Å². The molecule has 0 aliphatic carbocycles. The Labute approximate surface area is 217 Å². The van der Waals surface area contributed by atoms with Crippen LogP contribution in [0.25, 0.3) is 10.8 Å². The number of aliphatic hydroxyl groups excluding tert-OH is 1. The van der Waals surface area contributed by atoms with E-state index in [1.54, 1.807) is 14.2 Å². The molecule has 0 amide bonds. The fraction of sp³-hybridized carbons (Fsp3) is 0.152. The topological polar surface area (TPSA) is 47.9 Å². The van der Waals surface area contributed by atoms with Crippen molar-refractivity contribution < 1.29 is 19.3 Å². The van der Waals surface area contributed by atoms with Crippen LogP contribution in [-0.4, -0.2) is 19.3 Å². The normalized spacial score (nSPS) is 11.4. The van der Waals surface area contributed by atoms with Gasteiger partial charge in [-0.15, -0.1) is 0 Å². The molecule has 5 rings (SSSR count). The third-order valence-corrected chi connectivity index (χ3v) is 6.89. The zero-order valence-corrected chi connectivity index (χ0v) is 21.1. The fourth-order valence-corrected chi connectivity index (χ4v) is 4.95. The summed E-state index contributed by atoms with van der Waals surface area (Å²) in [5.41, 5.74) is 4.05. The maximum absolute atomic E-state index is 9.87. The smallest absolute Gasteiger partial charge is 0.144 e. The van der Waals surface area contributed by atoms with Crippen molar-refractivity contribution in [2.24, 2.45) is 0 Å². The Kier molecular flexibility index (Phi) is 7.22. The molecule has 0 saturated carbocycles. The lowest BCUT2D eigenvalue weighted by molar-refractivity contribution is 0.000749. The number of aliphatic hydroxyl groups is 1. The molecule has 0 heterocycles. The summed E-state index contributed by atoms with van der Waals surface area (Å²) in [4.78, 5) is 0. The van der Waals surface area contributed by atoms with Crippen molar-refractivity contribution in [3.8, 4) is 11.5 Å². The van der Waals surface area contributed by atoms with Crippen LogP contribution >= 0.6 is 0 Å². The van der Waals surface area contributed by atoms with Crippen LogP contribution in [0, 0.1) is 0 Å². The van der Waals surface area contributed by atoms with Crippen molar-refractivity contribution in [2.75, 3.05) is 14.2 Å². The molecule has 0 radical (unpaired) electrons. The predicted octanol–water partition coefficient (Wildman–Crippen LogP) is 6.86. The average Bonchev–Trinajstić information content (AvgIpc) is 2.98. The molecule has 0 unspecified atom stereocenters. The van der Waals surface area contributed by atoms with Crippen molar-refractivity contribution in [1.29, 1.82) is 0 Å². The molecule has 4 heteroatoms. The Hall–Kier alpha value is -4.12. The first-order chi connectivity index (χ1) is 18.2. The van der Waals surface area contributed by atoms with E-state index in [4.69, 9.17) is 14.2 Å². The van der Waals surface area contributed by atoms with Crippen LogP contribution in [0.5, 0.6) is 11.5 Å². The van der Waals surface area contributed by atoms with Gasteiger partial charge in [0.1, 0.15) is 17.1 Å². The van der Waals surface area contributed by atoms with E-state index in [0.717, 1.165) is 50.1 Å². The second-order valence-electron chi connectivity index (χ2n) is 8.88. The van der Waals surface area contributed by atoms with Crippen molar-refractivity contribution in [1.82, 2.24) is 0 Å². The first-order valence-electron chi connectivity index (χ1n) is 12.3. The van der Waals surface area contributed by atoms with Gasteiger partial charge in [0, 0.05) is 0 Å². The molecular weight excluding hydrogens is 460 g/mol. The molecule has 0 aliphatic heterocycles. The van der Waals surface area contributed by atoms with Gasteiger partial charge in [-0.25, -0.2) is 0 Å². The van der Waals surface area contributed by atoms with Crippen molar-refractivity contribution in [3.63, 3.8) is 0 Å². The van der Waals surface area contributed by atoms with Gasteiger partial charge in [-0.05, 0) is 62.9 Å². The second-order valence-corrected chi connectivity index (χ2v) is 8.88. The van der Waals surface area contributed by atoms with E-state index >= 15 is 0 Å². The highest BCUT2D eigenvalue weighted by Gasteiger charge is 2.38. The van der Waals surface area contributed by atoms with E-state index in [2.05, 4.69) is 42.5 Å². The van der Waals surface area contributed by atoms with Crippen LogP contribution in [0.3, 0.4) is 0 Å². The highest BCUT2D eigenvalue weighted by atomic mass is 16.5. The lowest BCUT2D eigenvalue weighted by atomic mass is 9.80. The third kappa shape index (κ3) is 4.69. The maximum Gasteiger partial charge on any atom is 0.144 e. The minimum atomic E-state index is -0.892. The molecule has 37 heavy (non-hydrogen) atoms. The first kappa shape index (κ1) is 24.6. The van der Waals surface area contributed by atoms with Crippen molar-refractivity contribution in [2.45, 2.75) is 18.8 Å². The molecule has 0 spiro atoms. The lowest BCUT2D eigenvalue weighted by Gasteiger charge is -2.36. The quantitative estimate of drug-likeness (QED) is 0.229. The molecule has 4 nitrogen and oxygen atoms in total. The Balaban J connectivity index is 1.69. The SMILES string of the molecule is COc1ccc(C(OCc2ccc(CO)c3ccccc23)(c2ccccc2)c2ccc(OC)cc2)cc1. The number of ether oxygens (including phenoxy) is 3. The van der Waals surface area contributed by atoms with Gasteiger partial charge in [0.15, 0.2) is 0 Å². The summed E-state index contributed by atoms with van der Waals surface area (Å²) in [5.74, 6) is 1.57. The summed E-state index contributed by atoms with van der Waals surface area (Å²) in [6, 6.07) is 38.5. The second kappa shape index (κ2) is 10.9. The van der Waals surface area contributed by atoms with Gasteiger partial charge in [0.05, 0.1) is 27.4 Å². The highest BCUT2D eigenvalue weighted by Crippen LogP contribution is 2.42. The van der Waals surface area contributed by atoms with E-state index in [-0.39, 0.29) is 6.61 Å². The van der Waals surface area contributed by atoms with Crippen LogP contribution in [0.1, 0.15) is 27.8 Å². The van der Waals surface area contributed by atoms with Crippen molar-refractivity contribution in [3.05, 3.63) is 143 Å². The summed E-state index contributed by atoms with van der Waals surface area (Å²) in [6.45, 7) is 0.354. The summed E-state index contributed by atoms with van der Waals surface area (Å²) in [5, 5.41) is 12.0. The van der Waals surface area contributed by atoms with Crippen LogP contribution in [0.2, 0.25) is 0 Å². The molecule has 0 bridgehead atoms. The largest absolute Gasteiger partial charge is 0.497 e. The van der Waals surface area contributed by atoms with Gasteiger partial charge in [-0.1, -0.05) is 91.0 Å². The Morgan fingerprint density at radius 3 is 1.51 bits per heavy atom. The number of rotatable bonds is 9. The molecule has 0 aliphatic rings. The first-order valence-corrected chi connectivity index (χ1v) is 12.3. The van der Waals surface area contributed by atoms with E-state index < -0.39 is 5.60 Å². The minimum absolute atomic E-state index is 0.00665. The van der Waals surface area contributed by atoms with Crippen LogP contribution in [0.15, 0.2) is 115 Å². The maximum atomic E-state index is 9.87. The predicted molar refractivity (Wildman–Crippen MR) is 147 cm³/mol. The molecule has 0 aromatic heterocycles. The standard InChI is InChI=1S/C33H30O4/c1-35-29-18-14-27(15-19-29)33(26-8-4-3-5-9-26,28-16-20-30(36-2)21-17-28)37-23-25-13-12-24(22-34)31-10-6-7-11-32(25)31/h3-21,34H,22-23H2,1-2H3. The van der Waals surface area contributed by atoms with Gasteiger partial charge in [0.25, 0.3) is 0 Å². The molecule has 1 N–H and O–H groups in total. The summed E-state index contributed by atoms with van der Waals surface area (Å²) >= 11 is 0. The Bertz CT molecular complexity index is 1410. The molecule has 5 aromatic carbocycles. The fourth-order valence-electron chi connectivity index (χ4n) is 4.95. The zero-order valence-electron chi connectivity index (χ0n) is 21.1. The van der Waals surface area contributed by atoms with E-state index in [0.29, 0.717) is 6.61 Å². The van der Waals surface area contributed by atoms with Gasteiger partial charge in [-0.2, -0.15) is 0 Å². The number of methoxy groups -OCH3 is 2. The number of hydrogen-bond acceptors (Lipinski definition) is 4. The highest BCUT2D eigenvalue weighted by molar-refractivity contribution is 5.88. The van der Waals surface area contributed by atoms with Crippen molar-refractivity contribution >= 4 is 10.8 Å². The summed E-state index contributed by atoms with van der Waals surface area (Å²) in [6.07, 6.45) is 0. The Morgan fingerprint density at radius 2 is 1.00 bits per heavy atom. The third-order valence-electron chi connectivity index (χ3n) is 6.89. The van der Waals surface area contributed by atoms with Crippen LogP contribution in [0.4, 0.5) is 0 Å². The molecule has 186 valence electrons. The average molecular weight is 491 g/mol. The molecule has 5 aromatic rings. The summed E-state index contributed by atoms with van der Waals surface area (Å²) < 4.78 is 17.9. The van der Waals surface area contributed by atoms with Gasteiger partial charge in [-0.3, -0.25) is 0 Å². The van der Waals surface area contributed by atoms with Gasteiger partial charge in [0.2, 0.25) is 0 Å². The minimum Gasteiger partial charge on any atom is -0.497 e. The monoisotopic (exact) mass is 490 g/mol. The molecule has 0 atom stereocenters. The molecular formula is C33H30O4. The van der Waals surface area contributed by atoms with Crippen LogP contribution in [-0.2, 0) is 23.6 Å². The van der Waals surface area contributed by atoms with Crippen LogP contribution < -0.4 is 9.47 Å². The summed E-state index contributed by atoms with van der Waals surface area (Å²) in [7, 11) is 3.33. The lowest BCUT2D eigenvalue weighted by Crippen LogP contribution is -2.32. The van der Waals surface area contributed by atoms with Gasteiger partial charge >= 0.3 is 0 Å². The molecule has 0 fully saturated rings. The number of benzene rings is 5. The number of fused-ring (bicyclic) bond motifs is 1. The zero-order chi connectivity index (χ0) is 25.7. The van der Waals surface area contributed by atoms with E-state index in [1.807, 2.05) is 72.8 Å². The van der Waals surface area contributed by atoms with E-state index in [1.165, 1.54) is 0 Å². The van der Waals surface area contributed by atoms with E-state index in [9.17, 15) is 5.11 Å². The molecule has 0 saturated heterocycles. The Morgan fingerprint density at radius 1 is 0.541 bits per heavy atom. The number of hydrogen-bond donors (Lipinski definition) is 1.